The number of likely N-dealkylation sites (tertiary alicyclic amines) is 2. The number of ether oxygens (including phenoxy) is 1. The second-order valence-electron chi connectivity index (χ2n) is 16.7. The monoisotopic (exact) mass is 774 g/mol. The molecule has 4 aromatic rings. The number of hydrogen-bond acceptors (Lipinski definition) is 7. The molecule has 4 aliphatic carbocycles. The number of alkyl carbamates (subject to hydrolysis) is 1. The van der Waals surface area contributed by atoms with E-state index in [2.05, 4.69) is 82.3 Å². The minimum atomic E-state index is -0.679. The van der Waals surface area contributed by atoms with Crippen LogP contribution in [0.15, 0.2) is 61.1 Å². The van der Waals surface area contributed by atoms with Crippen LogP contribution in [0.2, 0.25) is 0 Å². The Morgan fingerprint density at radius 1 is 0.754 bits per heavy atom. The zero-order valence-electron chi connectivity index (χ0n) is 34.3. The van der Waals surface area contributed by atoms with Gasteiger partial charge < -0.3 is 35.1 Å². The number of carbonyl (C=O) groups is 3. The van der Waals surface area contributed by atoms with E-state index in [0.29, 0.717) is 6.54 Å². The Morgan fingerprint density at radius 3 is 1.75 bits per heavy atom. The van der Waals surface area contributed by atoms with Crippen molar-refractivity contribution in [3.8, 4) is 22.5 Å². The third kappa shape index (κ3) is 8.50. The van der Waals surface area contributed by atoms with Crippen molar-refractivity contribution in [2.24, 2.45) is 11.8 Å². The van der Waals surface area contributed by atoms with E-state index >= 15 is 0 Å². The van der Waals surface area contributed by atoms with Crippen LogP contribution in [0.3, 0.4) is 0 Å². The molecule has 57 heavy (non-hydrogen) atoms. The summed E-state index contributed by atoms with van der Waals surface area (Å²) in [7, 11) is 1.31. The highest BCUT2D eigenvalue weighted by molar-refractivity contribution is 5.86. The fourth-order valence-electron chi connectivity index (χ4n) is 8.96. The Balaban J connectivity index is 1.09. The lowest BCUT2D eigenvalue weighted by Crippen LogP contribution is -2.51. The van der Waals surface area contributed by atoms with E-state index in [1.165, 1.54) is 34.9 Å². The Bertz CT molecular complexity index is 2120. The number of nitrogens with one attached hydrogen (secondary N) is 4. The average Bonchev–Trinajstić information content (AvgIpc) is 4.02. The summed E-state index contributed by atoms with van der Waals surface area (Å²) >= 11 is 0. The molecule has 0 radical (unpaired) electrons. The molecular weight excluding hydrogens is 717 g/mol. The fraction of sp³-hybridized carbons (Fsp3) is 0.489. The molecule has 302 valence electrons. The first-order valence-corrected chi connectivity index (χ1v) is 20.6. The van der Waals surface area contributed by atoms with Crippen molar-refractivity contribution in [2.75, 3.05) is 20.2 Å². The lowest BCUT2D eigenvalue weighted by molar-refractivity contribution is -0.135. The summed E-state index contributed by atoms with van der Waals surface area (Å²) in [4.78, 5) is 59.1. The first-order valence-electron chi connectivity index (χ1n) is 20.6. The van der Waals surface area contributed by atoms with Gasteiger partial charge in [0.05, 0.1) is 49.0 Å². The van der Waals surface area contributed by atoms with Gasteiger partial charge in [0.1, 0.15) is 17.7 Å². The number of aromatic nitrogens is 4. The third-order valence-electron chi connectivity index (χ3n) is 12.1. The topological polar surface area (TPSA) is 148 Å². The zero-order valence-corrected chi connectivity index (χ0v) is 34.3. The molecule has 4 unspecified atom stereocenters. The Labute approximate surface area is 336 Å². The second kappa shape index (κ2) is 17.0. The minimum Gasteiger partial charge on any atom is -0.453 e. The molecule has 4 atom stereocenters. The Morgan fingerprint density at radius 2 is 1.26 bits per heavy atom. The van der Waals surface area contributed by atoms with E-state index in [9.17, 15) is 14.4 Å². The SMILES string of the molecule is C=C(C(NC(C)=O)C(C)C)N1CCCC1c1ncc(-c2cc3ccc2CCc2ccc(c(-c4cnc(C5CCCN5C(=O)C(NC(=O)OC)C(C)C)[nH]4)c2)CC3)[nH]1. The van der Waals surface area contributed by atoms with Crippen LogP contribution in [-0.4, -0.2) is 79.9 Å². The van der Waals surface area contributed by atoms with Gasteiger partial charge in [0.25, 0.3) is 0 Å². The molecule has 4 heterocycles. The quantitative estimate of drug-likeness (QED) is 0.126. The summed E-state index contributed by atoms with van der Waals surface area (Å²) in [6.07, 6.45) is 10.4. The first-order chi connectivity index (χ1) is 27.4. The van der Waals surface area contributed by atoms with Crippen LogP contribution in [-0.2, 0) is 40.0 Å². The molecule has 4 bridgehead atoms. The van der Waals surface area contributed by atoms with Gasteiger partial charge in [0, 0.05) is 36.8 Å². The molecule has 2 saturated heterocycles. The van der Waals surface area contributed by atoms with Crippen LogP contribution < -0.4 is 10.6 Å². The molecule has 12 heteroatoms. The van der Waals surface area contributed by atoms with Gasteiger partial charge in [-0.1, -0.05) is 58.5 Å². The van der Waals surface area contributed by atoms with Gasteiger partial charge in [0.15, 0.2) is 0 Å². The zero-order chi connectivity index (χ0) is 40.4. The number of H-pyrrole nitrogens is 2. The van der Waals surface area contributed by atoms with Crippen molar-refractivity contribution in [3.63, 3.8) is 0 Å². The Hall–Kier alpha value is -5.39. The normalized spacial score (nSPS) is 19.1. The minimum absolute atomic E-state index is 0.0470. The van der Waals surface area contributed by atoms with E-state index in [1.807, 2.05) is 31.1 Å². The summed E-state index contributed by atoms with van der Waals surface area (Å²) in [5.74, 6) is 1.67. The standard InChI is InChI=1S/C45H58N8O4/c1-26(2)40(48-29(6)54)28(5)52-20-8-10-38(52)42-46-24-36(49-42)34-22-30-12-16-32(34)17-13-31-15-19-33(18-14-30)35(23-31)37-25-47-43(50-37)39-11-9-21-53(39)44(55)41(27(3)4)51-45(56)57-7/h12,15-16,19,22-27,38-41H,5,8-11,13-14,17-18,20-21H2,1-4,6-7H3,(H,46,49)(H,47,50)(H,48,54)(H,51,56). The number of rotatable bonds is 11. The van der Waals surface area contributed by atoms with E-state index < -0.39 is 12.1 Å². The van der Waals surface area contributed by atoms with E-state index in [0.717, 1.165) is 92.2 Å². The summed E-state index contributed by atoms with van der Waals surface area (Å²) in [5, 5.41) is 5.85. The lowest BCUT2D eigenvalue weighted by Gasteiger charge is -2.34. The number of methoxy groups -OCH3 is 1. The summed E-state index contributed by atoms with van der Waals surface area (Å²) in [6, 6.07) is 12.8. The van der Waals surface area contributed by atoms with Crippen LogP contribution in [0.1, 0.15) is 106 Å². The molecule has 2 aliphatic heterocycles. The number of nitrogens with zero attached hydrogens (tertiary/aromatic N) is 4. The summed E-state index contributed by atoms with van der Waals surface area (Å²) in [6.45, 7) is 15.6. The van der Waals surface area contributed by atoms with Crippen molar-refractivity contribution in [3.05, 3.63) is 95.0 Å². The van der Waals surface area contributed by atoms with Crippen LogP contribution in [0.4, 0.5) is 4.79 Å². The molecular formula is C45H58N8O4. The smallest absolute Gasteiger partial charge is 0.407 e. The molecule has 3 amide bonds. The number of imidazole rings is 2. The van der Waals surface area contributed by atoms with E-state index in [1.54, 1.807) is 6.92 Å². The summed E-state index contributed by atoms with van der Waals surface area (Å²) in [5.41, 5.74) is 10.3. The van der Waals surface area contributed by atoms with Crippen molar-refractivity contribution in [1.29, 1.82) is 0 Å². The lowest BCUT2D eigenvalue weighted by atomic mass is 9.90. The van der Waals surface area contributed by atoms with Crippen LogP contribution in [0.5, 0.6) is 0 Å². The maximum absolute atomic E-state index is 13.7. The molecule has 10 rings (SSSR count). The summed E-state index contributed by atoms with van der Waals surface area (Å²) < 4.78 is 4.81. The van der Waals surface area contributed by atoms with Gasteiger partial charge in [-0.25, -0.2) is 14.8 Å². The van der Waals surface area contributed by atoms with Gasteiger partial charge in [-0.15, -0.1) is 0 Å². The molecule has 0 saturated carbocycles. The van der Waals surface area contributed by atoms with Crippen molar-refractivity contribution in [1.82, 2.24) is 40.4 Å². The molecule has 12 nitrogen and oxygen atoms in total. The highest BCUT2D eigenvalue weighted by Crippen LogP contribution is 2.38. The average molecular weight is 775 g/mol. The maximum Gasteiger partial charge on any atom is 0.407 e. The highest BCUT2D eigenvalue weighted by atomic mass is 16.5. The maximum atomic E-state index is 13.7. The second-order valence-corrected chi connectivity index (χ2v) is 16.7. The van der Waals surface area contributed by atoms with Gasteiger partial charge in [-0.05, 0) is 97.6 Å². The number of hydrogen-bond donors (Lipinski definition) is 4. The van der Waals surface area contributed by atoms with Gasteiger partial charge in [-0.3, -0.25) is 9.59 Å². The fourth-order valence-corrected chi connectivity index (χ4v) is 8.96. The number of aryl methyl sites for hydroxylation is 4. The van der Waals surface area contributed by atoms with Gasteiger partial charge in [-0.2, -0.15) is 0 Å². The molecule has 4 N–H and O–H groups in total. The third-order valence-corrected chi connectivity index (χ3v) is 12.1. The first kappa shape index (κ1) is 39.8. The van der Waals surface area contributed by atoms with Crippen molar-refractivity contribution >= 4 is 17.9 Å². The molecule has 2 aromatic carbocycles. The molecule has 0 spiro atoms. The number of aromatic amines is 2. The van der Waals surface area contributed by atoms with Crippen molar-refractivity contribution < 1.29 is 19.1 Å². The number of carbonyl (C=O) groups excluding carboxylic acids is 3. The van der Waals surface area contributed by atoms with Crippen LogP contribution >= 0.6 is 0 Å². The molecule has 2 aromatic heterocycles. The van der Waals surface area contributed by atoms with Crippen molar-refractivity contribution in [2.45, 2.75) is 110 Å². The largest absolute Gasteiger partial charge is 0.453 e. The molecule has 6 aliphatic rings. The predicted molar refractivity (Wildman–Crippen MR) is 221 cm³/mol. The molecule has 2 fully saturated rings. The van der Waals surface area contributed by atoms with Crippen LogP contribution in [0, 0.1) is 11.8 Å². The van der Waals surface area contributed by atoms with E-state index in [4.69, 9.17) is 14.7 Å². The van der Waals surface area contributed by atoms with Gasteiger partial charge in [0.2, 0.25) is 11.8 Å². The number of benzene rings is 2. The van der Waals surface area contributed by atoms with Gasteiger partial charge >= 0.3 is 6.09 Å². The van der Waals surface area contributed by atoms with E-state index in [-0.39, 0.29) is 41.8 Å². The number of amides is 3. The highest BCUT2D eigenvalue weighted by Gasteiger charge is 2.38. The van der Waals surface area contributed by atoms with Crippen LogP contribution in [0.25, 0.3) is 22.5 Å². The Kier molecular flexibility index (Phi) is 11.9. The predicted octanol–water partition coefficient (Wildman–Crippen LogP) is 7.21.